The highest BCUT2D eigenvalue weighted by Crippen LogP contribution is 2.41. The number of ether oxygens (including phenoxy) is 6. The topological polar surface area (TPSA) is 251 Å². The van der Waals surface area contributed by atoms with Crippen LogP contribution in [0.15, 0.2) is 30.3 Å². The number of benzene rings is 1. The Morgan fingerprint density at radius 2 is 1.50 bits per heavy atom. The second-order valence-corrected chi connectivity index (χ2v) is 18.6. The minimum Gasteiger partial charge on any atom is -0.479 e. The molecule has 3 saturated heterocycles. The number of aliphatic carboxylic acids is 1. The Morgan fingerprint density at radius 3 is 2.03 bits per heavy atom. The van der Waals surface area contributed by atoms with Crippen LogP contribution in [-0.4, -0.2) is 164 Å². The van der Waals surface area contributed by atoms with E-state index in [1.807, 2.05) is 25.9 Å². The number of carboxylic acid groups (broad SMARTS) is 1. The van der Waals surface area contributed by atoms with Gasteiger partial charge < -0.3 is 69.1 Å². The van der Waals surface area contributed by atoms with Crippen LogP contribution in [0.25, 0.3) is 0 Å². The summed E-state index contributed by atoms with van der Waals surface area (Å²) in [5.41, 5.74) is -4.44. The third-order valence-electron chi connectivity index (χ3n) is 13.2. The fourth-order valence-corrected chi connectivity index (χ4v) is 9.19. The number of hydrogen-bond acceptors (Lipinski definition) is 16. The minimum atomic E-state index is -1.99. The molecule has 4 rings (SSSR count). The van der Waals surface area contributed by atoms with Crippen LogP contribution in [-0.2, 0) is 42.8 Å². The highest BCUT2D eigenvalue weighted by Gasteiger charge is 2.53. The van der Waals surface area contributed by atoms with Crippen LogP contribution in [0.3, 0.4) is 0 Å². The molecule has 0 saturated carbocycles. The number of carboxylic acids is 1. The molecule has 62 heavy (non-hydrogen) atoms. The number of rotatable bonds is 9. The summed E-state index contributed by atoms with van der Waals surface area (Å²) in [6, 6.07) is 7.94. The van der Waals surface area contributed by atoms with Crippen LogP contribution in [0, 0.1) is 23.7 Å². The number of cyclic esters (lactones) is 1. The number of methoxy groups -OCH3 is 1. The number of Topliss-reactive ketones (excluding diaryl/α,β-unsaturated/α-hetero) is 1. The molecule has 3 aliphatic rings. The van der Waals surface area contributed by atoms with Crippen molar-refractivity contribution in [1.29, 1.82) is 0 Å². The molecule has 0 aliphatic carbocycles. The molecule has 3 aliphatic heterocycles. The third-order valence-corrected chi connectivity index (χ3v) is 13.2. The number of hydrogen-bond donors (Lipinski definition) is 7. The summed E-state index contributed by atoms with van der Waals surface area (Å²) in [5, 5.41) is 75.0. The smallest absolute Gasteiger partial charge is 0.337 e. The number of carbonyl (C=O) groups is 3. The fraction of sp³-hybridized carbons (Fsp3) is 0.800. The lowest BCUT2D eigenvalue weighted by atomic mass is 9.74. The third kappa shape index (κ3) is 12.6. The summed E-state index contributed by atoms with van der Waals surface area (Å²) in [6.45, 7) is 16.3. The summed E-state index contributed by atoms with van der Waals surface area (Å²) >= 11 is 0. The van der Waals surface area contributed by atoms with Crippen LogP contribution in [0.5, 0.6) is 0 Å². The van der Waals surface area contributed by atoms with Crippen LogP contribution in [0.1, 0.15) is 107 Å². The first kappa shape index (κ1) is 53.7. The zero-order chi connectivity index (χ0) is 47.2. The van der Waals surface area contributed by atoms with Crippen LogP contribution < -0.4 is 0 Å². The van der Waals surface area contributed by atoms with Gasteiger partial charge in [-0.1, -0.05) is 58.0 Å². The van der Waals surface area contributed by atoms with Crippen molar-refractivity contribution in [2.75, 3.05) is 21.2 Å². The number of likely N-dealkylation sites (N-methyl/N-ethyl adjacent to an activating group) is 1. The summed E-state index contributed by atoms with van der Waals surface area (Å²) < 4.78 is 37.1. The van der Waals surface area contributed by atoms with Crippen molar-refractivity contribution < 1.29 is 78.6 Å². The van der Waals surface area contributed by atoms with Crippen LogP contribution in [0.2, 0.25) is 0 Å². The summed E-state index contributed by atoms with van der Waals surface area (Å²) in [5.74, 6) is -6.20. The van der Waals surface area contributed by atoms with Crippen molar-refractivity contribution >= 4 is 17.7 Å². The van der Waals surface area contributed by atoms with E-state index in [-0.39, 0.29) is 31.4 Å². The number of aliphatic hydroxyl groups is 6. The maximum absolute atomic E-state index is 14.1. The van der Waals surface area contributed by atoms with Gasteiger partial charge in [0.15, 0.2) is 18.7 Å². The zero-order valence-electron chi connectivity index (χ0n) is 38.7. The number of nitrogens with zero attached hydrogens (tertiary/aromatic N) is 1. The molecular formula is C45H75NO16. The molecule has 0 spiro atoms. The lowest BCUT2D eigenvalue weighted by Crippen LogP contribution is -2.61. The van der Waals surface area contributed by atoms with Gasteiger partial charge in [0.1, 0.15) is 29.7 Å². The molecule has 1 unspecified atom stereocenters. The van der Waals surface area contributed by atoms with E-state index in [4.69, 9.17) is 38.6 Å². The van der Waals surface area contributed by atoms with E-state index >= 15 is 0 Å². The second kappa shape index (κ2) is 22.0. The Labute approximate surface area is 366 Å². The van der Waals surface area contributed by atoms with Crippen molar-refractivity contribution in [3.05, 3.63) is 35.9 Å². The van der Waals surface area contributed by atoms with Crippen molar-refractivity contribution in [1.82, 2.24) is 4.90 Å². The Hall–Kier alpha value is -2.65. The molecule has 17 heteroatoms. The molecule has 3 heterocycles. The quantitative estimate of drug-likeness (QED) is 0.176. The van der Waals surface area contributed by atoms with Crippen LogP contribution >= 0.6 is 0 Å². The van der Waals surface area contributed by atoms with E-state index in [2.05, 4.69) is 0 Å². The van der Waals surface area contributed by atoms with Gasteiger partial charge in [-0.25, -0.2) is 4.79 Å². The molecule has 7 N–H and O–H groups in total. The molecule has 17 nitrogen and oxygen atoms in total. The van der Waals surface area contributed by atoms with Gasteiger partial charge in [-0.2, -0.15) is 0 Å². The molecule has 0 bridgehead atoms. The molecule has 0 aromatic heterocycles. The summed E-state index contributed by atoms with van der Waals surface area (Å²) in [6.07, 6.45) is -11.1. The van der Waals surface area contributed by atoms with Crippen molar-refractivity contribution in [2.45, 2.75) is 185 Å². The first-order valence-electron chi connectivity index (χ1n) is 21.7. The van der Waals surface area contributed by atoms with Gasteiger partial charge in [0.25, 0.3) is 0 Å². The van der Waals surface area contributed by atoms with Crippen molar-refractivity contribution in [2.24, 2.45) is 23.7 Å². The molecule has 0 amide bonds. The molecule has 1 aromatic rings. The van der Waals surface area contributed by atoms with Crippen LogP contribution in [0.4, 0.5) is 0 Å². The minimum absolute atomic E-state index is 0.0936. The fourth-order valence-electron chi connectivity index (χ4n) is 9.19. The standard InChI is InChI=1S/C37H67NO13.C8H8O3/c1-14-25-37(10,45)30(41)20(4)27(39)18(2)16-35(8,44)32(51-34-28(40)24(38(11)12)15-19(3)47-34)21(5)29(22(6)33(43)49-25)50-26-17-36(9,46-13)31(42)23(7)48-26;9-7(8(10)11)6-4-2-1-3-5-6/h18-26,28-32,34,40-42,44-45H,14-17H2,1-13H3;1-5,7,9H,(H,10,11)/t18-,19-,20+,21-,22-,23+,24+,25-,26+,28-,29+,30+,31+,32-,34+,35-,36-,37-;/m1./s1. The highest BCUT2D eigenvalue weighted by atomic mass is 16.7. The van der Waals surface area contributed by atoms with Gasteiger partial charge in [-0.05, 0) is 80.5 Å². The van der Waals surface area contributed by atoms with Gasteiger partial charge in [-0.3, -0.25) is 9.59 Å². The summed E-state index contributed by atoms with van der Waals surface area (Å²) in [4.78, 5) is 40.0. The highest BCUT2D eigenvalue weighted by molar-refractivity contribution is 5.83. The van der Waals surface area contributed by atoms with Crippen molar-refractivity contribution in [3.8, 4) is 0 Å². The van der Waals surface area contributed by atoms with Crippen molar-refractivity contribution in [3.63, 3.8) is 0 Å². The van der Waals surface area contributed by atoms with E-state index in [0.717, 1.165) is 0 Å². The first-order chi connectivity index (χ1) is 28.6. The Kier molecular flexibility index (Phi) is 19.1. The Morgan fingerprint density at radius 1 is 0.903 bits per heavy atom. The Balaban J connectivity index is 0.000000805. The SMILES string of the molecule is CC[C@H]1OC(=O)[C@H](C)[C@@H](O[C@H]2C[C@@](C)(OC)[C@@H](O)[C@H](C)O2)[C@@H](C)[C@@H](O[C@@H]2O[C@H](C)C[C@H](N(C)C)[C@H]2O)[C@](C)(O)C[C@@H](C)C(=O)[C@H](C)[C@H](O)[C@]1(C)O.O=C(O)C(O)c1ccccc1. The predicted octanol–water partition coefficient (Wildman–Crippen LogP) is 2.59. The van der Waals surface area contributed by atoms with Gasteiger partial charge in [0, 0.05) is 37.3 Å². The summed E-state index contributed by atoms with van der Waals surface area (Å²) in [7, 11) is 5.18. The molecule has 356 valence electrons. The average Bonchev–Trinajstić information content (AvgIpc) is 3.21. The van der Waals surface area contributed by atoms with E-state index in [1.54, 1.807) is 71.9 Å². The van der Waals surface area contributed by atoms with E-state index < -0.39 is 120 Å². The van der Waals surface area contributed by atoms with E-state index in [9.17, 15) is 39.9 Å². The van der Waals surface area contributed by atoms with Gasteiger partial charge in [0.05, 0.1) is 47.6 Å². The normalized spacial score (nSPS) is 43.1. The monoisotopic (exact) mass is 886 g/mol. The number of aliphatic hydroxyl groups excluding tert-OH is 4. The van der Waals surface area contributed by atoms with E-state index in [1.165, 1.54) is 27.9 Å². The zero-order valence-corrected chi connectivity index (χ0v) is 38.7. The van der Waals surface area contributed by atoms with Gasteiger partial charge in [-0.15, -0.1) is 0 Å². The maximum atomic E-state index is 14.1. The molecule has 0 radical (unpaired) electrons. The molecular weight excluding hydrogens is 810 g/mol. The average molecular weight is 886 g/mol. The van der Waals surface area contributed by atoms with Gasteiger partial charge >= 0.3 is 11.9 Å². The molecule has 1 aromatic carbocycles. The Bertz CT molecular complexity index is 1590. The lowest BCUT2D eigenvalue weighted by Gasteiger charge is -2.49. The largest absolute Gasteiger partial charge is 0.479 e. The number of esters is 1. The van der Waals surface area contributed by atoms with E-state index in [0.29, 0.717) is 12.0 Å². The van der Waals surface area contributed by atoms with Gasteiger partial charge in [0.2, 0.25) is 0 Å². The maximum Gasteiger partial charge on any atom is 0.337 e. The first-order valence-corrected chi connectivity index (χ1v) is 21.7. The molecule has 19 atom stereocenters. The molecule has 3 fully saturated rings. The number of ketones is 1. The second-order valence-electron chi connectivity index (χ2n) is 18.6. The number of carbonyl (C=O) groups excluding carboxylic acids is 2. The predicted molar refractivity (Wildman–Crippen MR) is 225 cm³/mol. The lowest BCUT2D eigenvalue weighted by molar-refractivity contribution is -0.318.